The van der Waals surface area contributed by atoms with Gasteiger partial charge in [0.05, 0.1) is 5.75 Å². The van der Waals surface area contributed by atoms with Gasteiger partial charge < -0.3 is 11.1 Å². The summed E-state index contributed by atoms with van der Waals surface area (Å²) in [6.07, 6.45) is 2.65. The molecule has 6 nitrogen and oxygen atoms in total. The van der Waals surface area contributed by atoms with Gasteiger partial charge >= 0.3 is 0 Å². The van der Waals surface area contributed by atoms with Gasteiger partial charge in [0.25, 0.3) is 0 Å². The summed E-state index contributed by atoms with van der Waals surface area (Å²) in [5.74, 6) is -0.0270. The van der Waals surface area contributed by atoms with Crippen molar-refractivity contribution in [3.8, 4) is 0 Å². The van der Waals surface area contributed by atoms with Crippen LogP contribution in [0.3, 0.4) is 0 Å². The topological polar surface area (TPSA) is 92.5 Å². The third kappa shape index (κ3) is 4.70. The fourth-order valence-electron chi connectivity index (χ4n) is 2.86. The van der Waals surface area contributed by atoms with Crippen LogP contribution >= 0.6 is 0 Å². The lowest BCUT2D eigenvalue weighted by Gasteiger charge is -2.30. The van der Waals surface area contributed by atoms with Crippen LogP contribution in [0.4, 0.5) is 11.4 Å². The molecule has 0 aliphatic carbocycles. The van der Waals surface area contributed by atoms with Crippen molar-refractivity contribution in [1.82, 2.24) is 4.31 Å². The normalized spacial score (nSPS) is 16.9. The van der Waals surface area contributed by atoms with E-state index in [9.17, 15) is 13.2 Å². The first-order valence-electron chi connectivity index (χ1n) is 8.48. The van der Waals surface area contributed by atoms with Crippen molar-refractivity contribution in [2.45, 2.75) is 39.5 Å². The predicted octanol–water partition coefficient (Wildman–Crippen LogP) is 2.36. The van der Waals surface area contributed by atoms with E-state index in [-0.39, 0.29) is 17.6 Å². The van der Waals surface area contributed by atoms with E-state index in [2.05, 4.69) is 5.32 Å². The van der Waals surface area contributed by atoms with Crippen LogP contribution in [0, 0.1) is 12.8 Å². The van der Waals surface area contributed by atoms with Crippen molar-refractivity contribution in [3.05, 3.63) is 23.8 Å². The van der Waals surface area contributed by atoms with Gasteiger partial charge in [-0.05, 0) is 43.9 Å². The summed E-state index contributed by atoms with van der Waals surface area (Å²) in [5, 5.41) is 2.92. The largest absolute Gasteiger partial charge is 0.399 e. The van der Waals surface area contributed by atoms with Crippen LogP contribution in [-0.4, -0.2) is 37.5 Å². The standard InChI is InChI=1S/C17H27N3O3S/c1-3-4-11-24(22,23)20-9-7-14(8-10-20)17(21)19-16-12-15(18)6-5-13(16)2/h5-6,12,14H,3-4,7-11,18H2,1-2H3,(H,19,21). The van der Waals surface area contributed by atoms with Crippen LogP contribution in [-0.2, 0) is 14.8 Å². The van der Waals surface area contributed by atoms with Crippen LogP contribution in [0.2, 0.25) is 0 Å². The Labute approximate surface area is 144 Å². The number of aryl methyl sites for hydroxylation is 1. The van der Waals surface area contributed by atoms with E-state index in [0.717, 1.165) is 17.7 Å². The molecule has 1 aliphatic heterocycles. The van der Waals surface area contributed by atoms with Gasteiger partial charge in [-0.15, -0.1) is 0 Å². The van der Waals surface area contributed by atoms with E-state index in [0.29, 0.717) is 38.0 Å². The number of hydrogen-bond acceptors (Lipinski definition) is 4. The van der Waals surface area contributed by atoms with Gasteiger partial charge in [-0.1, -0.05) is 19.4 Å². The third-order valence-corrected chi connectivity index (χ3v) is 6.45. The van der Waals surface area contributed by atoms with Gasteiger partial charge in [-0.25, -0.2) is 12.7 Å². The van der Waals surface area contributed by atoms with Crippen molar-refractivity contribution in [2.75, 3.05) is 29.9 Å². The highest BCUT2D eigenvalue weighted by Gasteiger charge is 2.30. The number of piperidine rings is 1. The minimum Gasteiger partial charge on any atom is -0.399 e. The fraction of sp³-hybridized carbons (Fsp3) is 0.588. The highest BCUT2D eigenvalue weighted by Crippen LogP contribution is 2.24. The van der Waals surface area contributed by atoms with E-state index in [1.807, 2.05) is 19.9 Å². The molecule has 1 aromatic carbocycles. The highest BCUT2D eigenvalue weighted by molar-refractivity contribution is 7.89. The summed E-state index contributed by atoms with van der Waals surface area (Å²) in [6, 6.07) is 5.41. The molecule has 134 valence electrons. The maximum Gasteiger partial charge on any atom is 0.227 e. The number of carbonyl (C=O) groups is 1. The Kier molecular flexibility index (Phi) is 6.23. The first kappa shape index (κ1) is 18.7. The molecule has 1 aliphatic rings. The number of sulfonamides is 1. The number of anilines is 2. The second-order valence-electron chi connectivity index (χ2n) is 6.41. The molecular formula is C17H27N3O3S. The van der Waals surface area contributed by atoms with E-state index in [1.165, 1.54) is 4.31 Å². The van der Waals surface area contributed by atoms with Crippen molar-refractivity contribution >= 4 is 27.3 Å². The van der Waals surface area contributed by atoms with Gasteiger partial charge in [0.1, 0.15) is 0 Å². The summed E-state index contributed by atoms with van der Waals surface area (Å²) in [6.45, 7) is 4.72. The molecule has 1 saturated heterocycles. The molecule has 1 fully saturated rings. The Balaban J connectivity index is 1.92. The monoisotopic (exact) mass is 353 g/mol. The first-order valence-corrected chi connectivity index (χ1v) is 10.1. The number of hydrogen-bond donors (Lipinski definition) is 2. The highest BCUT2D eigenvalue weighted by atomic mass is 32.2. The molecule has 1 heterocycles. The average molecular weight is 353 g/mol. The van der Waals surface area contributed by atoms with Gasteiger partial charge in [0.15, 0.2) is 0 Å². The summed E-state index contributed by atoms with van der Waals surface area (Å²) in [5.41, 5.74) is 8.04. The Morgan fingerprint density at radius 1 is 1.33 bits per heavy atom. The Morgan fingerprint density at radius 3 is 2.62 bits per heavy atom. The van der Waals surface area contributed by atoms with Crippen molar-refractivity contribution in [3.63, 3.8) is 0 Å². The smallest absolute Gasteiger partial charge is 0.227 e. The van der Waals surface area contributed by atoms with Crippen LogP contribution in [0.5, 0.6) is 0 Å². The molecule has 24 heavy (non-hydrogen) atoms. The van der Waals surface area contributed by atoms with E-state index in [4.69, 9.17) is 5.73 Å². The van der Waals surface area contributed by atoms with Gasteiger partial charge in [0, 0.05) is 30.4 Å². The molecule has 3 N–H and O–H groups in total. The number of carbonyl (C=O) groups excluding carboxylic acids is 1. The van der Waals surface area contributed by atoms with E-state index < -0.39 is 10.0 Å². The zero-order chi connectivity index (χ0) is 17.7. The Bertz CT molecular complexity index is 680. The van der Waals surface area contributed by atoms with Crippen molar-refractivity contribution in [1.29, 1.82) is 0 Å². The molecule has 7 heteroatoms. The molecule has 2 rings (SSSR count). The SMILES string of the molecule is CCCCS(=O)(=O)N1CCC(C(=O)Nc2cc(N)ccc2C)CC1. The van der Waals surface area contributed by atoms with Gasteiger partial charge in [-0.2, -0.15) is 0 Å². The molecule has 1 amide bonds. The number of unbranched alkanes of at least 4 members (excludes halogenated alkanes) is 1. The second kappa shape index (κ2) is 7.98. The van der Waals surface area contributed by atoms with E-state index in [1.54, 1.807) is 12.1 Å². The zero-order valence-corrected chi connectivity index (χ0v) is 15.2. The molecule has 0 unspecified atom stereocenters. The number of nitrogens with zero attached hydrogens (tertiary/aromatic N) is 1. The lowest BCUT2D eigenvalue weighted by Crippen LogP contribution is -2.42. The number of nitrogen functional groups attached to an aromatic ring is 1. The fourth-order valence-corrected chi connectivity index (χ4v) is 4.54. The summed E-state index contributed by atoms with van der Waals surface area (Å²) in [7, 11) is -3.18. The molecular weight excluding hydrogens is 326 g/mol. The van der Waals surface area contributed by atoms with E-state index >= 15 is 0 Å². The number of benzene rings is 1. The summed E-state index contributed by atoms with van der Waals surface area (Å²) in [4.78, 5) is 12.4. The number of nitrogens with two attached hydrogens (primary N) is 1. The average Bonchev–Trinajstić information content (AvgIpc) is 2.56. The maximum atomic E-state index is 12.4. The number of nitrogens with one attached hydrogen (secondary N) is 1. The van der Waals surface area contributed by atoms with Crippen LogP contribution in [0.25, 0.3) is 0 Å². The minimum absolute atomic E-state index is 0.0608. The molecule has 0 aromatic heterocycles. The maximum absolute atomic E-state index is 12.4. The summed E-state index contributed by atoms with van der Waals surface area (Å²) >= 11 is 0. The number of amides is 1. The summed E-state index contributed by atoms with van der Waals surface area (Å²) < 4.78 is 25.9. The first-order chi connectivity index (χ1) is 11.3. The van der Waals surface area contributed by atoms with Crippen LogP contribution < -0.4 is 11.1 Å². The third-order valence-electron chi connectivity index (χ3n) is 4.49. The van der Waals surface area contributed by atoms with Crippen LogP contribution in [0.15, 0.2) is 18.2 Å². The Hall–Kier alpha value is -1.60. The van der Waals surface area contributed by atoms with Gasteiger partial charge in [0.2, 0.25) is 15.9 Å². The quantitative estimate of drug-likeness (QED) is 0.768. The lowest BCUT2D eigenvalue weighted by atomic mass is 9.97. The predicted molar refractivity (Wildman–Crippen MR) is 97.2 cm³/mol. The molecule has 0 bridgehead atoms. The number of rotatable bonds is 6. The zero-order valence-electron chi connectivity index (χ0n) is 14.4. The molecule has 0 radical (unpaired) electrons. The lowest BCUT2D eigenvalue weighted by molar-refractivity contribution is -0.120. The molecule has 0 spiro atoms. The second-order valence-corrected chi connectivity index (χ2v) is 8.49. The molecule has 0 saturated carbocycles. The molecule has 1 aromatic rings. The van der Waals surface area contributed by atoms with Crippen molar-refractivity contribution in [2.24, 2.45) is 5.92 Å². The minimum atomic E-state index is -3.18. The Morgan fingerprint density at radius 2 is 2.00 bits per heavy atom. The van der Waals surface area contributed by atoms with Gasteiger partial charge in [-0.3, -0.25) is 4.79 Å². The van der Waals surface area contributed by atoms with Crippen LogP contribution in [0.1, 0.15) is 38.2 Å². The van der Waals surface area contributed by atoms with Crippen molar-refractivity contribution < 1.29 is 13.2 Å². The molecule has 0 atom stereocenters.